The molecule has 0 aliphatic carbocycles. The Balaban J connectivity index is 1.66. The molecule has 5 heteroatoms. The summed E-state index contributed by atoms with van der Waals surface area (Å²) in [5.74, 6) is 0.757. The number of amides is 1. The molecule has 1 aliphatic heterocycles. The van der Waals surface area contributed by atoms with Gasteiger partial charge in [-0.2, -0.15) is 0 Å². The Morgan fingerprint density at radius 3 is 2.79 bits per heavy atom. The van der Waals surface area contributed by atoms with Crippen molar-refractivity contribution >= 4 is 17.2 Å². The van der Waals surface area contributed by atoms with Crippen molar-refractivity contribution in [2.75, 3.05) is 19.6 Å². The first kappa shape index (κ1) is 17.1. The number of nitrogens with zero attached hydrogens (tertiary/aromatic N) is 2. The Kier molecular flexibility index (Phi) is 5.63. The monoisotopic (exact) mass is 343 g/mol. The lowest BCUT2D eigenvalue weighted by atomic mass is 9.97. The van der Waals surface area contributed by atoms with Gasteiger partial charge in [0.2, 0.25) is 0 Å². The number of hydrogen-bond acceptors (Lipinski definition) is 4. The molecule has 2 aromatic heterocycles. The topological polar surface area (TPSA) is 45.2 Å². The number of pyridine rings is 1. The van der Waals surface area contributed by atoms with Gasteiger partial charge in [-0.15, -0.1) is 11.3 Å². The highest BCUT2D eigenvalue weighted by Gasteiger charge is 2.25. The lowest BCUT2D eigenvalue weighted by molar-refractivity contribution is 0.0914. The van der Waals surface area contributed by atoms with Crippen LogP contribution >= 0.6 is 11.3 Å². The minimum atomic E-state index is -0.0468. The fourth-order valence-corrected chi connectivity index (χ4v) is 3.99. The van der Waals surface area contributed by atoms with E-state index in [0.717, 1.165) is 24.7 Å². The molecule has 0 radical (unpaired) electrons. The highest BCUT2D eigenvalue weighted by Crippen LogP contribution is 2.29. The van der Waals surface area contributed by atoms with E-state index in [1.165, 1.54) is 17.7 Å². The molecule has 4 nitrogen and oxygen atoms in total. The average Bonchev–Trinajstić information content (AvgIpc) is 3.11. The van der Waals surface area contributed by atoms with E-state index in [1.807, 2.05) is 19.1 Å². The summed E-state index contributed by atoms with van der Waals surface area (Å²) in [4.78, 5) is 20.4. The van der Waals surface area contributed by atoms with Crippen LogP contribution in [0.1, 0.15) is 46.7 Å². The predicted molar refractivity (Wildman–Crippen MR) is 98.3 cm³/mol. The number of thiophene rings is 1. The van der Waals surface area contributed by atoms with Gasteiger partial charge in [-0.3, -0.25) is 14.7 Å². The first-order valence-electron chi connectivity index (χ1n) is 8.62. The fourth-order valence-electron chi connectivity index (χ4n) is 3.12. The number of nitrogens with one attached hydrogen (secondary N) is 1. The smallest absolute Gasteiger partial charge is 0.252 e. The third-order valence-electron chi connectivity index (χ3n) is 4.76. The van der Waals surface area contributed by atoms with Gasteiger partial charge in [0.15, 0.2) is 0 Å². The van der Waals surface area contributed by atoms with E-state index < -0.39 is 0 Å². The summed E-state index contributed by atoms with van der Waals surface area (Å²) >= 11 is 1.77. The van der Waals surface area contributed by atoms with Gasteiger partial charge in [-0.25, -0.2) is 0 Å². The highest BCUT2D eigenvalue weighted by molar-refractivity contribution is 7.10. The van der Waals surface area contributed by atoms with Gasteiger partial charge < -0.3 is 5.32 Å². The van der Waals surface area contributed by atoms with Crippen LogP contribution in [0.25, 0.3) is 0 Å². The summed E-state index contributed by atoms with van der Waals surface area (Å²) in [7, 11) is 0. The molecular formula is C19H25N3OS. The van der Waals surface area contributed by atoms with Crippen molar-refractivity contribution in [3.63, 3.8) is 0 Å². The number of aryl methyl sites for hydroxylation is 1. The summed E-state index contributed by atoms with van der Waals surface area (Å²) in [5.41, 5.74) is 1.54. The van der Waals surface area contributed by atoms with E-state index in [4.69, 9.17) is 0 Å². The number of piperidine rings is 1. The predicted octanol–water partition coefficient (Wildman–Crippen LogP) is 3.65. The van der Waals surface area contributed by atoms with Crippen LogP contribution in [0, 0.1) is 12.8 Å². The highest BCUT2D eigenvalue weighted by atomic mass is 32.1. The second-order valence-corrected chi connectivity index (χ2v) is 7.63. The summed E-state index contributed by atoms with van der Waals surface area (Å²) in [5, 5.41) is 5.21. The quantitative estimate of drug-likeness (QED) is 0.901. The number of likely N-dealkylation sites (tertiary alicyclic amines) is 1. The van der Waals surface area contributed by atoms with E-state index in [-0.39, 0.29) is 11.9 Å². The number of hydrogen-bond donors (Lipinski definition) is 1. The standard InChI is InChI=1S/C19H25N3OS/c1-14-7-9-22(10-8-14)17(18-4-3-11-24-18)13-21-19(23)16-6-5-15(2)20-12-16/h3-6,11-12,14,17H,7-10,13H2,1-2H3,(H,21,23). The molecule has 1 saturated heterocycles. The van der Waals surface area contributed by atoms with Crippen molar-refractivity contribution < 1.29 is 4.79 Å². The van der Waals surface area contributed by atoms with Gasteiger partial charge in [0.25, 0.3) is 5.91 Å². The van der Waals surface area contributed by atoms with Gasteiger partial charge in [-0.05, 0) is 62.4 Å². The van der Waals surface area contributed by atoms with Crippen molar-refractivity contribution in [1.29, 1.82) is 0 Å². The molecule has 1 fully saturated rings. The van der Waals surface area contributed by atoms with E-state index in [1.54, 1.807) is 17.5 Å². The number of carbonyl (C=O) groups excluding carboxylic acids is 1. The second kappa shape index (κ2) is 7.90. The van der Waals surface area contributed by atoms with E-state index in [0.29, 0.717) is 12.1 Å². The molecular weight excluding hydrogens is 318 g/mol. The molecule has 0 aromatic carbocycles. The second-order valence-electron chi connectivity index (χ2n) is 6.65. The van der Waals surface area contributed by atoms with Crippen LogP contribution in [0.5, 0.6) is 0 Å². The van der Waals surface area contributed by atoms with Crippen LogP contribution in [0.4, 0.5) is 0 Å². The molecule has 1 atom stereocenters. The minimum Gasteiger partial charge on any atom is -0.350 e. The average molecular weight is 343 g/mol. The van der Waals surface area contributed by atoms with Crippen molar-refractivity contribution in [3.05, 3.63) is 52.0 Å². The van der Waals surface area contributed by atoms with Gasteiger partial charge in [0, 0.05) is 23.3 Å². The van der Waals surface area contributed by atoms with Crippen LogP contribution in [-0.4, -0.2) is 35.4 Å². The maximum atomic E-state index is 12.4. The molecule has 24 heavy (non-hydrogen) atoms. The third kappa shape index (κ3) is 4.22. The Morgan fingerprint density at radius 2 is 2.17 bits per heavy atom. The maximum Gasteiger partial charge on any atom is 0.252 e. The molecule has 3 heterocycles. The van der Waals surface area contributed by atoms with Gasteiger partial charge >= 0.3 is 0 Å². The van der Waals surface area contributed by atoms with Crippen molar-refractivity contribution in [2.24, 2.45) is 5.92 Å². The van der Waals surface area contributed by atoms with Crippen LogP contribution in [-0.2, 0) is 0 Å². The molecule has 3 rings (SSSR count). The number of aromatic nitrogens is 1. The molecule has 0 saturated carbocycles. The first-order valence-corrected chi connectivity index (χ1v) is 9.50. The molecule has 0 spiro atoms. The fraction of sp³-hybridized carbons (Fsp3) is 0.474. The lowest BCUT2D eigenvalue weighted by Gasteiger charge is -2.36. The summed E-state index contributed by atoms with van der Waals surface area (Å²) in [6.45, 7) is 7.09. The Morgan fingerprint density at radius 1 is 1.38 bits per heavy atom. The van der Waals surface area contributed by atoms with Gasteiger partial charge in [0.05, 0.1) is 11.6 Å². The third-order valence-corrected chi connectivity index (χ3v) is 5.73. The van der Waals surface area contributed by atoms with Crippen LogP contribution in [0.15, 0.2) is 35.8 Å². The van der Waals surface area contributed by atoms with E-state index in [2.05, 4.69) is 39.6 Å². The zero-order valence-electron chi connectivity index (χ0n) is 14.4. The molecule has 0 bridgehead atoms. The zero-order chi connectivity index (χ0) is 16.9. The Bertz CT molecular complexity index is 646. The van der Waals surface area contributed by atoms with E-state index >= 15 is 0 Å². The number of rotatable bonds is 5. The number of carbonyl (C=O) groups is 1. The van der Waals surface area contributed by atoms with Crippen LogP contribution in [0.3, 0.4) is 0 Å². The van der Waals surface area contributed by atoms with Crippen LogP contribution < -0.4 is 5.32 Å². The summed E-state index contributed by atoms with van der Waals surface area (Å²) in [6.07, 6.45) is 4.11. The zero-order valence-corrected chi connectivity index (χ0v) is 15.2. The lowest BCUT2D eigenvalue weighted by Crippen LogP contribution is -2.41. The summed E-state index contributed by atoms with van der Waals surface area (Å²) in [6, 6.07) is 8.23. The van der Waals surface area contributed by atoms with Gasteiger partial charge in [0.1, 0.15) is 0 Å². The molecule has 1 aliphatic rings. The Labute approximate surface area is 147 Å². The molecule has 1 N–H and O–H groups in total. The van der Waals surface area contributed by atoms with Crippen molar-refractivity contribution in [1.82, 2.24) is 15.2 Å². The minimum absolute atomic E-state index is 0.0468. The molecule has 1 unspecified atom stereocenters. The van der Waals surface area contributed by atoms with E-state index in [9.17, 15) is 4.79 Å². The first-order chi connectivity index (χ1) is 11.6. The Hall–Kier alpha value is -1.72. The van der Waals surface area contributed by atoms with Crippen LogP contribution in [0.2, 0.25) is 0 Å². The molecule has 1 amide bonds. The SMILES string of the molecule is Cc1ccc(C(=O)NCC(c2cccs2)N2CCC(C)CC2)cn1. The van der Waals surface area contributed by atoms with Gasteiger partial charge in [-0.1, -0.05) is 13.0 Å². The molecule has 128 valence electrons. The summed E-state index contributed by atoms with van der Waals surface area (Å²) < 4.78 is 0. The normalized spacial score (nSPS) is 17.6. The van der Waals surface area contributed by atoms with Crippen molar-refractivity contribution in [3.8, 4) is 0 Å². The maximum absolute atomic E-state index is 12.4. The largest absolute Gasteiger partial charge is 0.350 e. The molecule has 2 aromatic rings. The van der Waals surface area contributed by atoms with Crippen molar-refractivity contribution in [2.45, 2.75) is 32.7 Å².